The average Bonchev–Trinajstić information content (AvgIpc) is 2.60. The molecule has 1 atom stereocenters. The molecule has 0 spiro atoms. The molecule has 0 radical (unpaired) electrons. The molecular formula is C18H15F3N2O5. The van der Waals surface area contributed by atoms with Crippen molar-refractivity contribution in [2.24, 2.45) is 0 Å². The van der Waals surface area contributed by atoms with Crippen molar-refractivity contribution in [3.63, 3.8) is 0 Å². The van der Waals surface area contributed by atoms with E-state index in [1.807, 2.05) is 0 Å². The number of carbonyl (C=O) groups excluding carboxylic acids is 2. The zero-order valence-corrected chi connectivity index (χ0v) is 14.7. The number of nitro benzene ring substituents is 1. The summed E-state index contributed by atoms with van der Waals surface area (Å²) < 4.78 is 43.1. The summed E-state index contributed by atoms with van der Waals surface area (Å²) in [4.78, 5) is 34.4. The lowest BCUT2D eigenvalue weighted by atomic mass is 10.1. The first kappa shape index (κ1) is 20.9. The lowest BCUT2D eigenvalue weighted by Crippen LogP contribution is -2.30. The van der Waals surface area contributed by atoms with Gasteiger partial charge in [0.25, 0.3) is 11.6 Å². The maximum Gasteiger partial charge on any atom is 0.416 e. The van der Waals surface area contributed by atoms with Crippen LogP contribution < -0.4 is 5.32 Å². The van der Waals surface area contributed by atoms with Crippen molar-refractivity contribution >= 4 is 23.3 Å². The van der Waals surface area contributed by atoms with Crippen molar-refractivity contribution in [2.45, 2.75) is 26.1 Å². The number of carbonyl (C=O) groups is 2. The first-order valence-electron chi connectivity index (χ1n) is 7.93. The Morgan fingerprint density at radius 3 is 2.43 bits per heavy atom. The van der Waals surface area contributed by atoms with Gasteiger partial charge in [0.05, 0.1) is 16.1 Å². The number of anilines is 1. The predicted molar refractivity (Wildman–Crippen MR) is 92.8 cm³/mol. The summed E-state index contributed by atoms with van der Waals surface area (Å²) in [6, 6.07) is 7.58. The van der Waals surface area contributed by atoms with Gasteiger partial charge in [-0.3, -0.25) is 14.9 Å². The van der Waals surface area contributed by atoms with Crippen LogP contribution in [0.25, 0.3) is 0 Å². The molecule has 0 saturated heterocycles. The highest BCUT2D eigenvalue weighted by atomic mass is 19.4. The minimum absolute atomic E-state index is 0.00168. The van der Waals surface area contributed by atoms with Gasteiger partial charge in [0.2, 0.25) is 0 Å². The zero-order chi connectivity index (χ0) is 21.1. The second-order valence-electron chi connectivity index (χ2n) is 5.87. The SMILES string of the molecule is Cc1cc(C(=O)O[C@@H](C)C(=O)Nc2cccc(C(F)(F)F)c2)ccc1[N+](=O)[O-]. The fourth-order valence-electron chi connectivity index (χ4n) is 2.29. The number of nitrogens with zero attached hydrogens (tertiary/aromatic N) is 1. The van der Waals surface area contributed by atoms with Gasteiger partial charge in [0.15, 0.2) is 6.10 Å². The summed E-state index contributed by atoms with van der Waals surface area (Å²) in [5.41, 5.74) is -0.973. The van der Waals surface area contributed by atoms with Crippen LogP contribution >= 0.6 is 0 Å². The fraction of sp³-hybridized carbons (Fsp3) is 0.222. The largest absolute Gasteiger partial charge is 0.449 e. The molecule has 1 amide bonds. The smallest absolute Gasteiger partial charge is 0.416 e. The molecule has 2 rings (SSSR count). The molecule has 0 saturated carbocycles. The van der Waals surface area contributed by atoms with E-state index in [9.17, 15) is 32.9 Å². The molecule has 1 N–H and O–H groups in total. The third-order valence-electron chi connectivity index (χ3n) is 3.74. The molecule has 148 valence electrons. The standard InChI is InChI=1S/C18H15F3N2O5/c1-10-8-12(6-7-15(10)23(26)27)17(25)28-11(2)16(24)22-14-5-3-4-13(9-14)18(19,20)21/h3-9,11H,1-2H3,(H,22,24)/t11-/m0/s1. The van der Waals surface area contributed by atoms with Gasteiger partial charge in [-0.25, -0.2) is 4.79 Å². The summed E-state index contributed by atoms with van der Waals surface area (Å²) >= 11 is 0. The second-order valence-corrected chi connectivity index (χ2v) is 5.87. The van der Waals surface area contributed by atoms with Crippen LogP contribution in [-0.2, 0) is 15.7 Å². The summed E-state index contributed by atoms with van der Waals surface area (Å²) in [5.74, 6) is -1.73. The van der Waals surface area contributed by atoms with Gasteiger partial charge in [-0.2, -0.15) is 13.2 Å². The van der Waals surface area contributed by atoms with Gasteiger partial charge in [-0.15, -0.1) is 0 Å². The Morgan fingerprint density at radius 1 is 1.18 bits per heavy atom. The number of aryl methyl sites for hydroxylation is 1. The number of nitro groups is 1. The maximum absolute atomic E-state index is 12.7. The summed E-state index contributed by atoms with van der Waals surface area (Å²) in [6.45, 7) is 2.69. The van der Waals surface area contributed by atoms with E-state index in [-0.39, 0.29) is 22.5 Å². The van der Waals surface area contributed by atoms with Gasteiger partial charge < -0.3 is 10.1 Å². The van der Waals surface area contributed by atoms with Crippen LogP contribution in [0.5, 0.6) is 0 Å². The normalized spacial score (nSPS) is 12.2. The van der Waals surface area contributed by atoms with Crippen LogP contribution in [0.1, 0.15) is 28.4 Å². The molecule has 2 aromatic rings. The lowest BCUT2D eigenvalue weighted by Gasteiger charge is -2.15. The Labute approximate surface area is 157 Å². The topological polar surface area (TPSA) is 98.5 Å². The molecule has 28 heavy (non-hydrogen) atoms. The molecule has 0 aliphatic rings. The number of rotatable bonds is 5. The second kappa shape index (κ2) is 8.07. The van der Waals surface area contributed by atoms with Crippen molar-refractivity contribution in [3.8, 4) is 0 Å². The van der Waals surface area contributed by atoms with E-state index in [0.717, 1.165) is 24.3 Å². The molecular weight excluding hydrogens is 381 g/mol. The Morgan fingerprint density at radius 2 is 1.86 bits per heavy atom. The first-order valence-corrected chi connectivity index (χ1v) is 7.93. The molecule has 0 bridgehead atoms. The molecule has 0 heterocycles. The monoisotopic (exact) mass is 396 g/mol. The molecule has 7 nitrogen and oxygen atoms in total. The summed E-state index contributed by atoms with van der Waals surface area (Å²) in [5, 5.41) is 13.0. The van der Waals surface area contributed by atoms with E-state index in [4.69, 9.17) is 4.74 Å². The van der Waals surface area contributed by atoms with E-state index in [2.05, 4.69) is 5.32 Å². The van der Waals surface area contributed by atoms with Gasteiger partial charge >= 0.3 is 12.1 Å². The van der Waals surface area contributed by atoms with Crippen LogP contribution in [0.15, 0.2) is 42.5 Å². The van der Waals surface area contributed by atoms with E-state index >= 15 is 0 Å². The number of hydrogen-bond donors (Lipinski definition) is 1. The number of benzene rings is 2. The predicted octanol–water partition coefficient (Wildman–Crippen LogP) is 4.11. The summed E-state index contributed by atoms with van der Waals surface area (Å²) in [7, 11) is 0. The quantitative estimate of drug-likeness (QED) is 0.466. The third kappa shape index (κ3) is 5.06. The van der Waals surface area contributed by atoms with Crippen LogP contribution in [0.2, 0.25) is 0 Å². The van der Waals surface area contributed by atoms with Crippen molar-refractivity contribution < 1.29 is 32.4 Å². The molecule has 0 aliphatic heterocycles. The lowest BCUT2D eigenvalue weighted by molar-refractivity contribution is -0.385. The van der Waals surface area contributed by atoms with Gasteiger partial charge in [-0.05, 0) is 44.2 Å². The van der Waals surface area contributed by atoms with E-state index in [1.165, 1.54) is 32.0 Å². The van der Waals surface area contributed by atoms with Gasteiger partial charge in [0.1, 0.15) is 0 Å². The minimum atomic E-state index is -4.56. The van der Waals surface area contributed by atoms with Crippen molar-refractivity contribution in [1.82, 2.24) is 0 Å². The van der Waals surface area contributed by atoms with E-state index in [1.54, 1.807) is 0 Å². The Bertz CT molecular complexity index is 928. The first-order chi connectivity index (χ1) is 13.0. The molecule has 0 fully saturated rings. The zero-order valence-electron chi connectivity index (χ0n) is 14.7. The highest BCUT2D eigenvalue weighted by Gasteiger charge is 2.30. The average molecular weight is 396 g/mol. The van der Waals surface area contributed by atoms with Crippen molar-refractivity contribution in [2.75, 3.05) is 5.32 Å². The van der Waals surface area contributed by atoms with Crippen LogP contribution in [-0.4, -0.2) is 22.9 Å². The van der Waals surface area contributed by atoms with Gasteiger partial charge in [0, 0.05) is 17.3 Å². The van der Waals surface area contributed by atoms with Crippen LogP contribution in [0.4, 0.5) is 24.5 Å². The van der Waals surface area contributed by atoms with Gasteiger partial charge in [-0.1, -0.05) is 6.07 Å². The fourth-order valence-corrected chi connectivity index (χ4v) is 2.29. The van der Waals surface area contributed by atoms with Crippen LogP contribution in [0, 0.1) is 17.0 Å². The molecule has 0 aliphatic carbocycles. The van der Waals surface area contributed by atoms with Crippen LogP contribution in [0.3, 0.4) is 0 Å². The number of amides is 1. The number of hydrogen-bond acceptors (Lipinski definition) is 5. The van der Waals surface area contributed by atoms with Crippen molar-refractivity contribution in [3.05, 3.63) is 69.3 Å². The van der Waals surface area contributed by atoms with E-state index < -0.39 is 34.6 Å². The highest BCUT2D eigenvalue weighted by molar-refractivity contribution is 5.97. The maximum atomic E-state index is 12.7. The summed E-state index contributed by atoms with van der Waals surface area (Å²) in [6.07, 6.45) is -5.87. The molecule has 0 unspecified atom stereocenters. The highest BCUT2D eigenvalue weighted by Crippen LogP contribution is 2.30. The number of esters is 1. The number of ether oxygens (including phenoxy) is 1. The molecule has 10 heteroatoms. The number of halogens is 3. The molecule has 0 aromatic heterocycles. The molecule has 2 aromatic carbocycles. The Balaban J connectivity index is 2.05. The Kier molecular flexibility index (Phi) is 6.02. The van der Waals surface area contributed by atoms with E-state index in [0.29, 0.717) is 0 Å². The number of alkyl halides is 3. The number of nitrogens with one attached hydrogen (secondary N) is 1. The van der Waals surface area contributed by atoms with Crippen molar-refractivity contribution in [1.29, 1.82) is 0 Å². The minimum Gasteiger partial charge on any atom is -0.449 e. The Hall–Kier alpha value is -3.43. The third-order valence-corrected chi connectivity index (χ3v) is 3.74.